The zero-order valence-corrected chi connectivity index (χ0v) is 14.1. The van der Waals surface area contributed by atoms with Crippen molar-refractivity contribution in [2.45, 2.75) is 20.3 Å². The highest BCUT2D eigenvalue weighted by Crippen LogP contribution is 2.20. The Bertz CT molecular complexity index is 799. The van der Waals surface area contributed by atoms with Gasteiger partial charge in [-0.25, -0.2) is 0 Å². The summed E-state index contributed by atoms with van der Waals surface area (Å²) in [5.41, 5.74) is 3.64. The summed E-state index contributed by atoms with van der Waals surface area (Å²) in [4.78, 5) is 12.3. The monoisotopic (exact) mass is 320 g/mol. The number of hydrogen-bond acceptors (Lipinski definition) is 3. The molecule has 0 fully saturated rings. The number of anilines is 1. The molecule has 0 radical (unpaired) electrons. The van der Waals surface area contributed by atoms with Gasteiger partial charge in [0.25, 0.3) is 5.91 Å². The lowest BCUT2D eigenvalue weighted by Gasteiger charge is -2.07. The number of carbonyl (C=O) groups is 1. The van der Waals surface area contributed by atoms with Gasteiger partial charge in [0, 0.05) is 5.69 Å². The van der Waals surface area contributed by atoms with Crippen molar-refractivity contribution < 1.29 is 9.53 Å². The molecule has 0 saturated heterocycles. The van der Waals surface area contributed by atoms with Crippen LogP contribution in [-0.4, -0.2) is 13.0 Å². The summed E-state index contributed by atoms with van der Waals surface area (Å²) in [7, 11) is 1.61. The van der Waals surface area contributed by atoms with Gasteiger partial charge in [0.2, 0.25) is 0 Å². The van der Waals surface area contributed by atoms with E-state index in [0.717, 1.165) is 23.3 Å². The van der Waals surface area contributed by atoms with Gasteiger partial charge in [0.15, 0.2) is 0 Å². The molecule has 0 aromatic heterocycles. The Hall–Kier alpha value is -3.06. The van der Waals surface area contributed by atoms with Crippen molar-refractivity contribution in [1.29, 1.82) is 5.26 Å². The molecule has 0 atom stereocenters. The van der Waals surface area contributed by atoms with Crippen molar-refractivity contribution in [3.05, 3.63) is 64.7 Å². The van der Waals surface area contributed by atoms with Crippen LogP contribution >= 0.6 is 0 Å². The van der Waals surface area contributed by atoms with Gasteiger partial charge in [-0.3, -0.25) is 4.79 Å². The summed E-state index contributed by atoms with van der Waals surface area (Å²) in [6.45, 7) is 3.98. The molecule has 0 unspecified atom stereocenters. The molecular formula is C20H20N2O2. The van der Waals surface area contributed by atoms with Gasteiger partial charge in [-0.1, -0.05) is 25.1 Å². The summed E-state index contributed by atoms with van der Waals surface area (Å²) in [6.07, 6.45) is 2.51. The molecule has 1 N–H and O–H groups in total. The maximum absolute atomic E-state index is 12.3. The number of nitrogens with zero attached hydrogens (tertiary/aromatic N) is 1. The second-order valence-corrected chi connectivity index (χ2v) is 5.40. The van der Waals surface area contributed by atoms with Crippen LogP contribution in [0.15, 0.2) is 48.0 Å². The van der Waals surface area contributed by atoms with Crippen LogP contribution in [0.5, 0.6) is 5.75 Å². The molecule has 0 saturated carbocycles. The fraction of sp³-hybridized carbons (Fsp3) is 0.200. The van der Waals surface area contributed by atoms with E-state index in [4.69, 9.17) is 4.74 Å². The Balaban J connectivity index is 2.18. The topological polar surface area (TPSA) is 62.1 Å². The first-order chi connectivity index (χ1) is 11.6. The number of methoxy groups -OCH3 is 1. The highest BCUT2D eigenvalue weighted by atomic mass is 16.5. The Morgan fingerprint density at radius 1 is 1.25 bits per heavy atom. The molecule has 0 aliphatic heterocycles. The number of nitriles is 1. The first-order valence-electron chi connectivity index (χ1n) is 7.74. The minimum atomic E-state index is -0.421. The number of nitrogens with one attached hydrogen (secondary N) is 1. The molecular weight excluding hydrogens is 300 g/mol. The highest BCUT2D eigenvalue weighted by molar-refractivity contribution is 6.09. The zero-order valence-electron chi connectivity index (χ0n) is 14.1. The number of ether oxygens (including phenoxy) is 1. The van der Waals surface area contributed by atoms with Gasteiger partial charge in [-0.2, -0.15) is 5.26 Å². The Morgan fingerprint density at radius 2 is 1.96 bits per heavy atom. The minimum Gasteiger partial charge on any atom is -0.496 e. The molecule has 0 aliphatic rings. The van der Waals surface area contributed by atoms with Crippen LogP contribution in [0.4, 0.5) is 5.69 Å². The van der Waals surface area contributed by atoms with E-state index in [0.29, 0.717) is 5.69 Å². The lowest BCUT2D eigenvalue weighted by Crippen LogP contribution is -2.13. The van der Waals surface area contributed by atoms with E-state index in [1.54, 1.807) is 13.2 Å². The third-order valence-corrected chi connectivity index (χ3v) is 3.72. The largest absolute Gasteiger partial charge is 0.496 e. The van der Waals surface area contributed by atoms with Crippen molar-refractivity contribution in [2.24, 2.45) is 0 Å². The van der Waals surface area contributed by atoms with Crippen LogP contribution in [0.1, 0.15) is 23.6 Å². The summed E-state index contributed by atoms with van der Waals surface area (Å²) < 4.78 is 5.21. The molecule has 2 aromatic carbocycles. The second kappa shape index (κ2) is 7.98. The van der Waals surface area contributed by atoms with Crippen LogP contribution in [-0.2, 0) is 11.2 Å². The molecule has 0 spiro atoms. The molecule has 0 aliphatic carbocycles. The zero-order chi connectivity index (χ0) is 17.5. The maximum Gasteiger partial charge on any atom is 0.266 e. The molecule has 1 amide bonds. The molecule has 122 valence electrons. The van der Waals surface area contributed by atoms with Crippen LogP contribution < -0.4 is 10.1 Å². The molecule has 0 heterocycles. The number of aryl methyl sites for hydroxylation is 2. The van der Waals surface area contributed by atoms with Gasteiger partial charge < -0.3 is 10.1 Å². The Labute approximate surface area is 142 Å². The first-order valence-corrected chi connectivity index (χ1v) is 7.74. The average Bonchev–Trinajstić information content (AvgIpc) is 2.60. The maximum atomic E-state index is 12.3. The third-order valence-electron chi connectivity index (χ3n) is 3.72. The fourth-order valence-electron chi connectivity index (χ4n) is 2.33. The summed E-state index contributed by atoms with van der Waals surface area (Å²) >= 11 is 0. The number of rotatable bonds is 5. The van der Waals surface area contributed by atoms with Gasteiger partial charge in [0.1, 0.15) is 17.4 Å². The smallest absolute Gasteiger partial charge is 0.266 e. The molecule has 4 nitrogen and oxygen atoms in total. The lowest BCUT2D eigenvalue weighted by atomic mass is 10.1. The van der Waals surface area contributed by atoms with E-state index in [1.807, 2.05) is 55.5 Å². The number of carbonyl (C=O) groups excluding carboxylic acids is 1. The SMILES string of the molecule is CCc1ccc(NC(=O)/C(C#N)=C/c2ccc(OC)c(C)c2)cc1. The molecule has 2 aromatic rings. The first kappa shape index (κ1) is 17.3. The number of benzene rings is 2. The summed E-state index contributed by atoms with van der Waals surface area (Å²) in [6, 6.07) is 15.0. The van der Waals surface area contributed by atoms with Crippen LogP contribution in [0.25, 0.3) is 6.08 Å². The second-order valence-electron chi connectivity index (χ2n) is 5.40. The van der Waals surface area contributed by atoms with Crippen molar-refractivity contribution in [2.75, 3.05) is 12.4 Å². The molecule has 2 rings (SSSR count). The third kappa shape index (κ3) is 4.23. The minimum absolute atomic E-state index is 0.0548. The summed E-state index contributed by atoms with van der Waals surface area (Å²) in [5, 5.41) is 12.0. The van der Waals surface area contributed by atoms with E-state index in [2.05, 4.69) is 12.2 Å². The van der Waals surface area contributed by atoms with Crippen LogP contribution in [0.2, 0.25) is 0 Å². The van der Waals surface area contributed by atoms with E-state index in [-0.39, 0.29) is 5.57 Å². The Morgan fingerprint density at radius 3 is 2.50 bits per heavy atom. The van der Waals surface area contributed by atoms with Crippen LogP contribution in [0, 0.1) is 18.3 Å². The summed E-state index contributed by atoms with van der Waals surface area (Å²) in [5.74, 6) is 0.348. The molecule has 24 heavy (non-hydrogen) atoms. The van der Waals surface area contributed by atoms with E-state index >= 15 is 0 Å². The van der Waals surface area contributed by atoms with Gasteiger partial charge in [-0.05, 0) is 60.4 Å². The van der Waals surface area contributed by atoms with Crippen molar-refractivity contribution >= 4 is 17.7 Å². The lowest BCUT2D eigenvalue weighted by molar-refractivity contribution is -0.112. The predicted octanol–water partition coefficient (Wildman–Crippen LogP) is 4.11. The van der Waals surface area contributed by atoms with Crippen molar-refractivity contribution in [1.82, 2.24) is 0 Å². The predicted molar refractivity (Wildman–Crippen MR) is 95.8 cm³/mol. The number of amides is 1. The van der Waals surface area contributed by atoms with E-state index in [1.165, 1.54) is 5.56 Å². The van der Waals surface area contributed by atoms with E-state index < -0.39 is 5.91 Å². The Kier molecular flexibility index (Phi) is 5.75. The van der Waals surface area contributed by atoms with Gasteiger partial charge in [0.05, 0.1) is 7.11 Å². The fourth-order valence-corrected chi connectivity index (χ4v) is 2.33. The quantitative estimate of drug-likeness (QED) is 0.666. The van der Waals surface area contributed by atoms with Gasteiger partial charge in [-0.15, -0.1) is 0 Å². The normalized spacial score (nSPS) is 10.8. The van der Waals surface area contributed by atoms with Gasteiger partial charge >= 0.3 is 0 Å². The van der Waals surface area contributed by atoms with Crippen molar-refractivity contribution in [3.8, 4) is 11.8 Å². The van der Waals surface area contributed by atoms with Crippen molar-refractivity contribution in [3.63, 3.8) is 0 Å². The van der Waals surface area contributed by atoms with Crippen LogP contribution in [0.3, 0.4) is 0 Å². The number of hydrogen-bond donors (Lipinski definition) is 1. The highest BCUT2D eigenvalue weighted by Gasteiger charge is 2.10. The molecule has 4 heteroatoms. The molecule has 0 bridgehead atoms. The van der Waals surface area contributed by atoms with E-state index in [9.17, 15) is 10.1 Å². The average molecular weight is 320 g/mol. The standard InChI is InChI=1S/C20H20N2O2/c1-4-15-5-8-18(9-6-15)22-20(23)17(13-21)12-16-7-10-19(24-3)14(2)11-16/h5-12H,4H2,1-3H3,(H,22,23)/b17-12+.